The second-order valence-electron chi connectivity index (χ2n) is 5.09. The topological polar surface area (TPSA) is 78.4 Å². The highest BCUT2D eigenvalue weighted by molar-refractivity contribution is 7.90. The average Bonchev–Trinajstić information content (AvgIpc) is 2.19. The monoisotopic (exact) mass is 272 g/mol. The minimum Gasteiger partial charge on any atom is -0.506 e. The van der Waals surface area contributed by atoms with Gasteiger partial charge in [0.15, 0.2) is 0 Å². The minimum atomic E-state index is -3.63. The molecule has 0 fully saturated rings. The molecule has 18 heavy (non-hydrogen) atoms. The Morgan fingerprint density at radius 3 is 2.39 bits per heavy atom. The van der Waals surface area contributed by atoms with Gasteiger partial charge in [-0.25, -0.2) is 0 Å². The standard InChI is InChI=1S/C12H20N2O3S/c1-5-13-18(16,17)14-10-8-9(12(2,3)4)6-7-11(10)15/h6-8,13-15H,5H2,1-4H3. The quantitative estimate of drug-likeness (QED) is 0.733. The summed E-state index contributed by atoms with van der Waals surface area (Å²) in [6.07, 6.45) is 0. The Bertz CT molecular complexity index is 519. The molecule has 6 heteroatoms. The normalized spacial score (nSPS) is 12.4. The van der Waals surface area contributed by atoms with E-state index in [9.17, 15) is 13.5 Å². The van der Waals surface area contributed by atoms with Crippen LogP contribution >= 0.6 is 0 Å². The van der Waals surface area contributed by atoms with Crippen molar-refractivity contribution in [1.82, 2.24) is 4.72 Å². The van der Waals surface area contributed by atoms with E-state index in [-0.39, 0.29) is 23.4 Å². The van der Waals surface area contributed by atoms with Gasteiger partial charge in [0.1, 0.15) is 5.75 Å². The molecule has 1 aromatic rings. The molecule has 0 saturated heterocycles. The molecule has 5 nitrogen and oxygen atoms in total. The van der Waals surface area contributed by atoms with Gasteiger partial charge in [0.2, 0.25) is 0 Å². The van der Waals surface area contributed by atoms with Crippen LogP contribution in [0.4, 0.5) is 5.69 Å². The first kappa shape index (κ1) is 14.8. The smallest absolute Gasteiger partial charge is 0.299 e. The van der Waals surface area contributed by atoms with E-state index < -0.39 is 10.2 Å². The van der Waals surface area contributed by atoms with Crippen molar-refractivity contribution in [1.29, 1.82) is 0 Å². The molecule has 102 valence electrons. The summed E-state index contributed by atoms with van der Waals surface area (Å²) in [6, 6.07) is 4.91. The molecule has 0 aliphatic rings. The lowest BCUT2D eigenvalue weighted by Crippen LogP contribution is -2.29. The van der Waals surface area contributed by atoms with Gasteiger partial charge in [-0.15, -0.1) is 0 Å². The summed E-state index contributed by atoms with van der Waals surface area (Å²) < 4.78 is 27.8. The number of hydrogen-bond donors (Lipinski definition) is 3. The lowest BCUT2D eigenvalue weighted by atomic mass is 9.87. The molecular weight excluding hydrogens is 252 g/mol. The maximum Gasteiger partial charge on any atom is 0.299 e. The summed E-state index contributed by atoms with van der Waals surface area (Å²) in [4.78, 5) is 0. The average molecular weight is 272 g/mol. The largest absolute Gasteiger partial charge is 0.506 e. The zero-order valence-electron chi connectivity index (χ0n) is 11.1. The van der Waals surface area contributed by atoms with E-state index in [2.05, 4.69) is 9.44 Å². The Labute approximate surface area is 108 Å². The third-order valence-electron chi connectivity index (χ3n) is 2.44. The molecule has 0 aliphatic carbocycles. The van der Waals surface area contributed by atoms with E-state index in [1.165, 1.54) is 6.07 Å². The number of nitrogens with one attached hydrogen (secondary N) is 2. The van der Waals surface area contributed by atoms with Crippen molar-refractivity contribution in [3.63, 3.8) is 0 Å². The zero-order valence-corrected chi connectivity index (χ0v) is 11.9. The van der Waals surface area contributed by atoms with E-state index >= 15 is 0 Å². The Morgan fingerprint density at radius 1 is 1.28 bits per heavy atom. The molecule has 0 amide bonds. The van der Waals surface area contributed by atoms with Crippen LogP contribution in [-0.4, -0.2) is 20.1 Å². The first-order valence-electron chi connectivity index (χ1n) is 5.76. The van der Waals surface area contributed by atoms with Gasteiger partial charge in [-0.2, -0.15) is 13.1 Å². The third-order valence-corrected chi connectivity index (χ3v) is 3.60. The molecule has 0 heterocycles. The van der Waals surface area contributed by atoms with Crippen molar-refractivity contribution in [2.24, 2.45) is 0 Å². The van der Waals surface area contributed by atoms with Crippen LogP contribution in [0.3, 0.4) is 0 Å². The molecule has 0 unspecified atom stereocenters. The maximum absolute atomic E-state index is 11.6. The predicted molar refractivity (Wildman–Crippen MR) is 73.0 cm³/mol. The minimum absolute atomic E-state index is 0.0931. The molecule has 0 saturated carbocycles. The Morgan fingerprint density at radius 2 is 1.89 bits per heavy atom. The summed E-state index contributed by atoms with van der Waals surface area (Å²) in [7, 11) is -3.63. The van der Waals surface area contributed by atoms with Gasteiger partial charge in [-0.05, 0) is 23.1 Å². The highest BCUT2D eigenvalue weighted by atomic mass is 32.2. The molecule has 1 aromatic carbocycles. The highest BCUT2D eigenvalue weighted by Gasteiger charge is 2.17. The number of aromatic hydroxyl groups is 1. The van der Waals surface area contributed by atoms with Crippen LogP contribution < -0.4 is 9.44 Å². The molecule has 0 aliphatic heterocycles. The molecule has 0 aromatic heterocycles. The van der Waals surface area contributed by atoms with Crippen LogP contribution in [0.15, 0.2) is 18.2 Å². The van der Waals surface area contributed by atoms with Crippen molar-refractivity contribution in [3.8, 4) is 5.75 Å². The van der Waals surface area contributed by atoms with E-state index in [0.717, 1.165) is 5.56 Å². The van der Waals surface area contributed by atoms with E-state index in [1.807, 2.05) is 20.8 Å². The van der Waals surface area contributed by atoms with Crippen LogP contribution in [0.1, 0.15) is 33.3 Å². The van der Waals surface area contributed by atoms with Crippen LogP contribution in [-0.2, 0) is 15.6 Å². The van der Waals surface area contributed by atoms with Crippen molar-refractivity contribution in [2.45, 2.75) is 33.1 Å². The first-order valence-corrected chi connectivity index (χ1v) is 7.25. The number of phenols is 1. The summed E-state index contributed by atoms with van der Waals surface area (Å²) in [5, 5.41) is 9.68. The fourth-order valence-electron chi connectivity index (χ4n) is 1.46. The number of benzene rings is 1. The molecule has 1 rings (SSSR count). The summed E-state index contributed by atoms with van der Waals surface area (Å²) in [6.45, 7) is 8.02. The second kappa shape index (κ2) is 5.16. The van der Waals surface area contributed by atoms with Gasteiger partial charge in [-0.3, -0.25) is 4.72 Å². The number of hydrogen-bond acceptors (Lipinski definition) is 3. The van der Waals surface area contributed by atoms with Gasteiger partial charge in [-0.1, -0.05) is 33.8 Å². The van der Waals surface area contributed by atoms with Crippen molar-refractivity contribution in [2.75, 3.05) is 11.3 Å². The van der Waals surface area contributed by atoms with Gasteiger partial charge in [0, 0.05) is 6.54 Å². The van der Waals surface area contributed by atoms with E-state index in [0.29, 0.717) is 0 Å². The molecule has 0 bridgehead atoms. The van der Waals surface area contributed by atoms with E-state index in [4.69, 9.17) is 0 Å². The lowest BCUT2D eigenvalue weighted by molar-refractivity contribution is 0.476. The Balaban J connectivity index is 3.10. The molecule has 0 radical (unpaired) electrons. The molecular formula is C12H20N2O3S. The first-order chi connectivity index (χ1) is 8.15. The highest BCUT2D eigenvalue weighted by Crippen LogP contribution is 2.30. The van der Waals surface area contributed by atoms with Gasteiger partial charge < -0.3 is 5.11 Å². The van der Waals surface area contributed by atoms with Gasteiger partial charge in [0.05, 0.1) is 5.69 Å². The lowest BCUT2D eigenvalue weighted by Gasteiger charge is -2.20. The second-order valence-corrected chi connectivity index (χ2v) is 6.58. The van der Waals surface area contributed by atoms with Gasteiger partial charge in [0.25, 0.3) is 10.2 Å². The van der Waals surface area contributed by atoms with Crippen molar-refractivity contribution < 1.29 is 13.5 Å². The predicted octanol–water partition coefficient (Wildman–Crippen LogP) is 1.96. The van der Waals surface area contributed by atoms with Crippen LogP contribution in [0.5, 0.6) is 5.75 Å². The summed E-state index contributed by atoms with van der Waals surface area (Å²) in [5.74, 6) is -0.0931. The number of rotatable bonds is 4. The fourth-order valence-corrected chi connectivity index (χ4v) is 2.36. The molecule has 0 spiro atoms. The fraction of sp³-hybridized carbons (Fsp3) is 0.500. The zero-order chi connectivity index (χ0) is 14.0. The summed E-state index contributed by atoms with van der Waals surface area (Å²) >= 11 is 0. The van der Waals surface area contributed by atoms with Crippen LogP contribution in [0.2, 0.25) is 0 Å². The Hall–Kier alpha value is -1.27. The summed E-state index contributed by atoms with van der Waals surface area (Å²) in [5.41, 5.74) is 1.00. The van der Waals surface area contributed by atoms with Crippen LogP contribution in [0, 0.1) is 0 Å². The van der Waals surface area contributed by atoms with Gasteiger partial charge >= 0.3 is 0 Å². The Kier molecular flexibility index (Phi) is 4.24. The number of phenolic OH excluding ortho intramolecular Hbond substituents is 1. The van der Waals surface area contributed by atoms with E-state index in [1.54, 1.807) is 19.1 Å². The van der Waals surface area contributed by atoms with Crippen molar-refractivity contribution in [3.05, 3.63) is 23.8 Å². The molecule has 0 atom stereocenters. The maximum atomic E-state index is 11.6. The third kappa shape index (κ3) is 3.89. The SMILES string of the molecule is CCNS(=O)(=O)Nc1cc(C(C)(C)C)ccc1O. The molecule has 3 N–H and O–H groups in total. The van der Waals surface area contributed by atoms with Crippen LogP contribution in [0.25, 0.3) is 0 Å². The van der Waals surface area contributed by atoms with Crippen molar-refractivity contribution >= 4 is 15.9 Å². The number of anilines is 1.